The minimum atomic E-state index is -4.66. The van der Waals surface area contributed by atoms with Crippen molar-refractivity contribution in [2.45, 2.75) is 51.1 Å². The topological polar surface area (TPSA) is 116 Å². The fourth-order valence-electron chi connectivity index (χ4n) is 3.99. The van der Waals surface area contributed by atoms with Gasteiger partial charge in [-0.1, -0.05) is 11.6 Å². The quantitative estimate of drug-likeness (QED) is 0.470. The molecule has 38 heavy (non-hydrogen) atoms. The van der Waals surface area contributed by atoms with Crippen LogP contribution in [0.4, 0.5) is 18.0 Å². The van der Waals surface area contributed by atoms with Crippen molar-refractivity contribution in [2.75, 3.05) is 13.7 Å². The van der Waals surface area contributed by atoms with Crippen molar-refractivity contribution < 1.29 is 42.1 Å². The molecule has 1 N–H and O–H groups in total. The smallest absolute Gasteiger partial charge is 0.435 e. The zero-order chi connectivity index (χ0) is 28.0. The van der Waals surface area contributed by atoms with Crippen LogP contribution in [0, 0.1) is 0 Å². The van der Waals surface area contributed by atoms with E-state index in [1.807, 2.05) is 0 Å². The molecule has 1 fully saturated rings. The minimum Gasteiger partial charge on any atom is -0.495 e. The average molecular weight is 557 g/mol. The highest BCUT2D eigenvalue weighted by molar-refractivity contribution is 6.36. The van der Waals surface area contributed by atoms with Crippen molar-refractivity contribution in [1.29, 1.82) is 0 Å². The summed E-state index contributed by atoms with van der Waals surface area (Å²) in [7, 11) is 1.40. The Morgan fingerprint density at radius 1 is 1.16 bits per heavy atom. The molecule has 1 aliphatic rings. The molecule has 0 radical (unpaired) electrons. The highest BCUT2D eigenvalue weighted by Gasteiger charge is 2.43. The van der Waals surface area contributed by atoms with Gasteiger partial charge in [0.25, 0.3) is 0 Å². The van der Waals surface area contributed by atoms with Gasteiger partial charge in [0.05, 0.1) is 19.2 Å². The van der Waals surface area contributed by atoms with Gasteiger partial charge in [-0.25, -0.2) is 19.3 Å². The second-order valence-electron chi connectivity index (χ2n) is 9.56. The highest BCUT2D eigenvalue weighted by atomic mass is 35.5. The number of alkyl halides is 3. The van der Waals surface area contributed by atoms with Gasteiger partial charge in [-0.3, -0.25) is 4.90 Å². The van der Waals surface area contributed by atoms with Crippen molar-refractivity contribution in [3.8, 4) is 17.3 Å². The summed E-state index contributed by atoms with van der Waals surface area (Å²) in [6.45, 7) is 4.88. The molecule has 204 valence electrons. The number of likely N-dealkylation sites (tertiary alicyclic amines) is 1. The maximum absolute atomic E-state index is 13.1. The van der Waals surface area contributed by atoms with Crippen LogP contribution in [0.25, 0.3) is 16.7 Å². The van der Waals surface area contributed by atoms with E-state index in [2.05, 4.69) is 10.1 Å². The Hall–Kier alpha value is -3.74. The second kappa shape index (κ2) is 9.86. The van der Waals surface area contributed by atoms with Crippen LogP contribution in [0.1, 0.15) is 32.9 Å². The van der Waals surface area contributed by atoms with E-state index in [-0.39, 0.29) is 40.8 Å². The number of fused-ring (bicyclic) bond motifs is 1. The molecule has 1 saturated heterocycles. The predicted molar refractivity (Wildman–Crippen MR) is 129 cm³/mol. The maximum atomic E-state index is 13.1. The van der Waals surface area contributed by atoms with Crippen molar-refractivity contribution in [3.63, 3.8) is 0 Å². The van der Waals surface area contributed by atoms with Crippen LogP contribution < -0.4 is 9.47 Å². The lowest BCUT2D eigenvalue weighted by atomic mass is 10.1. The molecule has 1 amide bonds. The molecule has 1 aliphatic heterocycles. The Morgan fingerprint density at radius 2 is 1.87 bits per heavy atom. The highest BCUT2D eigenvalue weighted by Crippen LogP contribution is 2.38. The van der Waals surface area contributed by atoms with Crippen LogP contribution in [-0.4, -0.2) is 68.2 Å². The van der Waals surface area contributed by atoms with Crippen LogP contribution in [0.3, 0.4) is 0 Å². The second-order valence-corrected chi connectivity index (χ2v) is 9.94. The number of hydrogen-bond donors (Lipinski definition) is 1. The summed E-state index contributed by atoms with van der Waals surface area (Å²) >= 11 is 6.46. The van der Waals surface area contributed by atoms with Crippen molar-refractivity contribution in [1.82, 2.24) is 19.7 Å². The average Bonchev–Trinajstić information content (AvgIpc) is 3.46. The SMILES string of the molecule is COc1ccc2c(OC3CC(C(=O)O)N(C(=O)OC(C)(C)C)C3)cc(-n3ccc(C(F)(F)F)n3)nc2c1Cl. The zero-order valence-corrected chi connectivity index (χ0v) is 21.5. The van der Waals surface area contributed by atoms with E-state index >= 15 is 0 Å². The first-order valence-corrected chi connectivity index (χ1v) is 11.8. The number of methoxy groups -OCH3 is 1. The molecule has 0 saturated carbocycles. The van der Waals surface area contributed by atoms with Gasteiger partial charge in [-0.15, -0.1) is 0 Å². The lowest BCUT2D eigenvalue weighted by Crippen LogP contribution is -2.43. The van der Waals surface area contributed by atoms with Gasteiger partial charge < -0.3 is 19.3 Å². The van der Waals surface area contributed by atoms with Gasteiger partial charge in [0.1, 0.15) is 34.3 Å². The van der Waals surface area contributed by atoms with Crippen LogP contribution in [0.2, 0.25) is 5.02 Å². The molecule has 10 nitrogen and oxygen atoms in total. The molecular formula is C24H24ClF3N4O6. The first kappa shape index (κ1) is 27.3. The third kappa shape index (κ3) is 5.57. The molecule has 4 rings (SSSR count). The molecule has 0 bridgehead atoms. The lowest BCUT2D eigenvalue weighted by Gasteiger charge is -2.26. The summed E-state index contributed by atoms with van der Waals surface area (Å²) in [5, 5.41) is 13.7. The molecule has 2 aromatic heterocycles. The number of carboxylic acids is 1. The number of halogens is 4. The maximum Gasteiger partial charge on any atom is 0.435 e. The van der Waals surface area contributed by atoms with E-state index in [0.29, 0.717) is 5.39 Å². The fourth-order valence-corrected chi connectivity index (χ4v) is 4.27. The lowest BCUT2D eigenvalue weighted by molar-refractivity contribution is -0.142. The summed E-state index contributed by atoms with van der Waals surface area (Å²) in [6, 6.07) is 4.13. The van der Waals surface area contributed by atoms with Crippen LogP contribution in [0.5, 0.6) is 11.5 Å². The Labute approximate surface area is 219 Å². The van der Waals surface area contributed by atoms with E-state index in [4.69, 9.17) is 25.8 Å². The number of carboxylic acid groups (broad SMARTS) is 1. The number of carbonyl (C=O) groups excluding carboxylic acids is 1. The Balaban J connectivity index is 1.74. The van der Waals surface area contributed by atoms with Crippen LogP contribution in [0.15, 0.2) is 30.5 Å². The van der Waals surface area contributed by atoms with E-state index in [1.165, 1.54) is 13.2 Å². The fraction of sp³-hybridized carbons (Fsp3) is 0.417. The summed E-state index contributed by atoms with van der Waals surface area (Å²) in [5.74, 6) is -0.839. The predicted octanol–water partition coefficient (Wildman–Crippen LogP) is 4.94. The Bertz CT molecular complexity index is 1390. The van der Waals surface area contributed by atoms with Gasteiger partial charge in [-0.2, -0.15) is 18.3 Å². The number of rotatable bonds is 5. The summed E-state index contributed by atoms with van der Waals surface area (Å²) in [5.41, 5.74) is -1.80. The molecule has 2 unspecified atom stereocenters. The number of benzene rings is 1. The van der Waals surface area contributed by atoms with Gasteiger partial charge in [0, 0.05) is 24.1 Å². The monoisotopic (exact) mass is 556 g/mol. The molecule has 0 aliphatic carbocycles. The number of pyridine rings is 1. The van der Waals surface area contributed by atoms with Crippen molar-refractivity contribution >= 4 is 34.6 Å². The Kier molecular flexibility index (Phi) is 7.08. The molecular weight excluding hydrogens is 533 g/mol. The van der Waals surface area contributed by atoms with Gasteiger partial charge >= 0.3 is 18.2 Å². The number of ether oxygens (including phenoxy) is 3. The van der Waals surface area contributed by atoms with Crippen molar-refractivity contribution in [2.24, 2.45) is 0 Å². The third-order valence-electron chi connectivity index (χ3n) is 5.64. The number of aromatic nitrogens is 3. The minimum absolute atomic E-state index is 0.0325. The molecule has 14 heteroatoms. The van der Waals surface area contributed by atoms with E-state index in [0.717, 1.165) is 21.8 Å². The first-order valence-electron chi connectivity index (χ1n) is 11.4. The van der Waals surface area contributed by atoms with Gasteiger partial charge in [0.2, 0.25) is 0 Å². The van der Waals surface area contributed by atoms with E-state index < -0.39 is 41.7 Å². The van der Waals surface area contributed by atoms with E-state index in [9.17, 15) is 27.9 Å². The van der Waals surface area contributed by atoms with Gasteiger partial charge in [0.15, 0.2) is 11.5 Å². The van der Waals surface area contributed by atoms with E-state index in [1.54, 1.807) is 32.9 Å². The number of nitrogens with zero attached hydrogens (tertiary/aromatic N) is 4. The molecule has 3 aromatic rings. The van der Waals surface area contributed by atoms with Gasteiger partial charge in [-0.05, 0) is 39.0 Å². The summed E-state index contributed by atoms with van der Waals surface area (Å²) in [4.78, 5) is 30.0. The molecule has 2 atom stereocenters. The number of aliphatic carboxylic acids is 1. The van der Waals surface area contributed by atoms with Crippen molar-refractivity contribution in [3.05, 3.63) is 41.2 Å². The normalized spacial score (nSPS) is 18.1. The van der Waals surface area contributed by atoms with Crippen LogP contribution >= 0.6 is 11.6 Å². The van der Waals surface area contributed by atoms with Crippen LogP contribution in [-0.2, 0) is 15.7 Å². The zero-order valence-electron chi connectivity index (χ0n) is 20.7. The number of carbonyl (C=O) groups is 2. The largest absolute Gasteiger partial charge is 0.495 e. The number of hydrogen-bond acceptors (Lipinski definition) is 7. The summed E-state index contributed by atoms with van der Waals surface area (Å²) < 4.78 is 57.0. The third-order valence-corrected chi connectivity index (χ3v) is 6.00. The molecule has 3 heterocycles. The summed E-state index contributed by atoms with van der Waals surface area (Å²) in [6.07, 6.45) is -5.22. The Morgan fingerprint density at radius 3 is 2.45 bits per heavy atom. The first-order chi connectivity index (χ1) is 17.7. The number of amides is 1. The molecule has 0 spiro atoms. The molecule has 1 aromatic carbocycles. The standard InChI is InChI=1S/C24H24ClF3N4O6/c1-23(2,3)38-22(35)31-11-12(9-14(31)21(33)34)37-16-10-18(32-8-7-17(30-32)24(26,27)28)29-20-13(16)5-6-15(36-4)19(20)25/h5-8,10,12,14H,9,11H2,1-4H3,(H,33,34).